The van der Waals surface area contributed by atoms with Crippen LogP contribution < -0.4 is 0 Å². The van der Waals surface area contributed by atoms with Gasteiger partial charge in [-0.15, -0.1) is 0 Å². The van der Waals surface area contributed by atoms with Gasteiger partial charge < -0.3 is 5.11 Å². The molecule has 2 aromatic carbocycles. The fourth-order valence-electron chi connectivity index (χ4n) is 2.55. The molecule has 1 aliphatic carbocycles. The molecule has 0 spiro atoms. The van der Waals surface area contributed by atoms with Gasteiger partial charge in [0.2, 0.25) is 0 Å². The quantitative estimate of drug-likeness (QED) is 0.845. The molecular weight excluding hydrogens is 260 g/mol. The second-order valence-corrected chi connectivity index (χ2v) is 5.26. The molecule has 1 aliphatic rings. The Morgan fingerprint density at radius 2 is 1.68 bits per heavy atom. The fraction of sp³-hybridized carbons (Fsp3) is 0.188. The first-order chi connectivity index (χ1) is 9.15. The molecule has 0 heterocycles. The molecule has 2 nitrogen and oxygen atoms in total. The first-order valence-corrected chi connectivity index (χ1v) is 6.68. The van der Waals surface area contributed by atoms with Gasteiger partial charge in [0, 0.05) is 10.6 Å². The van der Waals surface area contributed by atoms with Gasteiger partial charge in [0.1, 0.15) is 5.75 Å². The van der Waals surface area contributed by atoms with Crippen molar-refractivity contribution < 1.29 is 9.90 Å². The normalized spacial score (nSPS) is 13.3. The van der Waals surface area contributed by atoms with Crippen molar-refractivity contribution in [1.82, 2.24) is 0 Å². The van der Waals surface area contributed by atoms with Crippen LogP contribution in [0.2, 0.25) is 5.02 Å². The molecule has 1 N–H and O–H groups in total. The highest BCUT2D eigenvalue weighted by molar-refractivity contribution is 6.30. The van der Waals surface area contributed by atoms with Gasteiger partial charge in [0.05, 0.1) is 5.56 Å². The van der Waals surface area contributed by atoms with Crippen molar-refractivity contribution >= 4 is 17.4 Å². The molecule has 2 aromatic rings. The summed E-state index contributed by atoms with van der Waals surface area (Å²) in [6.45, 7) is 0. The van der Waals surface area contributed by atoms with Crippen LogP contribution in [0.4, 0.5) is 0 Å². The standard InChI is InChI=1S/C16H13ClO2/c17-13-6-4-10(5-7-13)16(19)14-8-11-2-1-3-12(11)9-15(14)18/h4-9,18H,1-3H2. The number of carbonyl (C=O) groups excluding carboxylic acids is 1. The molecule has 0 saturated carbocycles. The number of hydrogen-bond acceptors (Lipinski definition) is 2. The summed E-state index contributed by atoms with van der Waals surface area (Å²) in [7, 11) is 0. The van der Waals surface area contributed by atoms with E-state index in [0.29, 0.717) is 16.1 Å². The van der Waals surface area contributed by atoms with E-state index in [1.165, 1.54) is 5.56 Å². The maximum Gasteiger partial charge on any atom is 0.196 e. The van der Waals surface area contributed by atoms with E-state index in [0.717, 1.165) is 24.8 Å². The zero-order valence-corrected chi connectivity index (χ0v) is 11.1. The summed E-state index contributed by atoms with van der Waals surface area (Å²) in [6, 6.07) is 10.3. The van der Waals surface area contributed by atoms with Crippen LogP contribution in [0, 0.1) is 0 Å². The summed E-state index contributed by atoms with van der Waals surface area (Å²) in [4.78, 5) is 12.4. The van der Waals surface area contributed by atoms with Crippen molar-refractivity contribution in [3.63, 3.8) is 0 Å². The molecule has 0 saturated heterocycles. The Labute approximate surface area is 116 Å². The number of phenolic OH excluding ortho intramolecular Hbond substituents is 1. The molecular formula is C16H13ClO2. The molecule has 3 rings (SSSR count). The molecule has 96 valence electrons. The highest BCUT2D eigenvalue weighted by Crippen LogP contribution is 2.30. The lowest BCUT2D eigenvalue weighted by Crippen LogP contribution is -2.02. The fourth-order valence-corrected chi connectivity index (χ4v) is 2.68. The number of aryl methyl sites for hydroxylation is 2. The van der Waals surface area contributed by atoms with Gasteiger partial charge in [0.15, 0.2) is 5.78 Å². The summed E-state index contributed by atoms with van der Waals surface area (Å²) < 4.78 is 0. The van der Waals surface area contributed by atoms with E-state index >= 15 is 0 Å². The third-order valence-electron chi connectivity index (χ3n) is 3.56. The first-order valence-electron chi connectivity index (χ1n) is 6.30. The van der Waals surface area contributed by atoms with Gasteiger partial charge in [-0.3, -0.25) is 4.79 Å². The predicted octanol–water partition coefficient (Wildman–Crippen LogP) is 3.77. The summed E-state index contributed by atoms with van der Waals surface area (Å²) in [5.41, 5.74) is 3.25. The monoisotopic (exact) mass is 272 g/mol. The van der Waals surface area contributed by atoms with Crippen LogP contribution in [0.5, 0.6) is 5.75 Å². The summed E-state index contributed by atoms with van der Waals surface area (Å²) in [5.74, 6) is -0.0931. The number of ketones is 1. The maximum atomic E-state index is 12.4. The second-order valence-electron chi connectivity index (χ2n) is 4.83. The van der Waals surface area contributed by atoms with Crippen LogP contribution in [0.25, 0.3) is 0 Å². The van der Waals surface area contributed by atoms with Gasteiger partial charge in [0.25, 0.3) is 0 Å². The predicted molar refractivity (Wildman–Crippen MR) is 75.0 cm³/mol. The van der Waals surface area contributed by atoms with Gasteiger partial charge in [-0.25, -0.2) is 0 Å². The highest BCUT2D eigenvalue weighted by atomic mass is 35.5. The Hall–Kier alpha value is -1.80. The molecule has 0 unspecified atom stereocenters. The first kappa shape index (κ1) is 12.2. The number of aromatic hydroxyl groups is 1. The molecule has 0 atom stereocenters. The molecule has 0 radical (unpaired) electrons. The Morgan fingerprint density at radius 1 is 1.05 bits per heavy atom. The maximum absolute atomic E-state index is 12.4. The lowest BCUT2D eigenvalue weighted by molar-refractivity contribution is 0.103. The SMILES string of the molecule is O=C(c1ccc(Cl)cc1)c1cc2c(cc1O)CCC2. The van der Waals surface area contributed by atoms with Crippen molar-refractivity contribution in [1.29, 1.82) is 0 Å². The lowest BCUT2D eigenvalue weighted by Gasteiger charge is -2.07. The van der Waals surface area contributed by atoms with Crippen molar-refractivity contribution in [3.05, 3.63) is 63.7 Å². The van der Waals surface area contributed by atoms with Gasteiger partial charge in [-0.1, -0.05) is 11.6 Å². The molecule has 19 heavy (non-hydrogen) atoms. The molecule has 3 heteroatoms. The highest BCUT2D eigenvalue weighted by Gasteiger charge is 2.19. The van der Waals surface area contributed by atoms with Crippen molar-refractivity contribution in [2.45, 2.75) is 19.3 Å². The summed E-state index contributed by atoms with van der Waals surface area (Å²) >= 11 is 5.81. The Balaban J connectivity index is 2.02. The van der Waals surface area contributed by atoms with Crippen LogP contribution in [0.1, 0.15) is 33.5 Å². The zero-order chi connectivity index (χ0) is 13.4. The number of halogens is 1. The average molecular weight is 273 g/mol. The number of hydrogen-bond donors (Lipinski definition) is 1. The molecule has 0 aromatic heterocycles. The zero-order valence-electron chi connectivity index (χ0n) is 10.3. The lowest BCUT2D eigenvalue weighted by atomic mass is 9.98. The second kappa shape index (κ2) is 4.71. The van der Waals surface area contributed by atoms with E-state index in [2.05, 4.69) is 0 Å². The number of fused-ring (bicyclic) bond motifs is 1. The molecule has 0 amide bonds. The van der Waals surface area contributed by atoms with E-state index < -0.39 is 0 Å². The van der Waals surface area contributed by atoms with Gasteiger partial charge in [-0.05, 0) is 66.8 Å². The minimum absolute atomic E-state index is 0.0700. The van der Waals surface area contributed by atoms with Crippen LogP contribution in [-0.2, 0) is 12.8 Å². The summed E-state index contributed by atoms with van der Waals surface area (Å²) in [5, 5.41) is 10.6. The van der Waals surface area contributed by atoms with Crippen LogP contribution in [0.3, 0.4) is 0 Å². The number of phenols is 1. The van der Waals surface area contributed by atoms with Crippen LogP contribution in [-0.4, -0.2) is 10.9 Å². The number of carbonyl (C=O) groups is 1. The van der Waals surface area contributed by atoms with Gasteiger partial charge >= 0.3 is 0 Å². The largest absolute Gasteiger partial charge is 0.507 e. The number of rotatable bonds is 2. The number of benzene rings is 2. The third kappa shape index (κ3) is 2.24. The van der Waals surface area contributed by atoms with Crippen LogP contribution >= 0.6 is 11.6 Å². The van der Waals surface area contributed by atoms with E-state index in [4.69, 9.17) is 11.6 Å². The van der Waals surface area contributed by atoms with E-state index in [1.807, 2.05) is 6.07 Å². The van der Waals surface area contributed by atoms with Crippen molar-refractivity contribution in [2.75, 3.05) is 0 Å². The molecule has 0 bridgehead atoms. The van der Waals surface area contributed by atoms with Crippen molar-refractivity contribution in [3.8, 4) is 5.75 Å². The average Bonchev–Trinajstić information content (AvgIpc) is 2.85. The molecule has 0 aliphatic heterocycles. The Morgan fingerprint density at radius 3 is 2.37 bits per heavy atom. The third-order valence-corrected chi connectivity index (χ3v) is 3.81. The van der Waals surface area contributed by atoms with E-state index in [9.17, 15) is 9.90 Å². The topological polar surface area (TPSA) is 37.3 Å². The van der Waals surface area contributed by atoms with Gasteiger partial charge in [-0.2, -0.15) is 0 Å². The van der Waals surface area contributed by atoms with E-state index in [-0.39, 0.29) is 11.5 Å². The van der Waals surface area contributed by atoms with Crippen LogP contribution in [0.15, 0.2) is 36.4 Å². The Kier molecular flexibility index (Phi) is 3.03. The minimum atomic E-state index is -0.163. The smallest absolute Gasteiger partial charge is 0.196 e. The van der Waals surface area contributed by atoms with Crippen molar-refractivity contribution in [2.24, 2.45) is 0 Å². The summed E-state index contributed by atoms with van der Waals surface area (Å²) in [6.07, 6.45) is 3.06. The molecule has 0 fully saturated rings. The Bertz CT molecular complexity index is 645. The minimum Gasteiger partial charge on any atom is -0.507 e. The van der Waals surface area contributed by atoms with E-state index in [1.54, 1.807) is 30.3 Å².